The zero-order valence-electron chi connectivity index (χ0n) is 21.2. The fourth-order valence-corrected chi connectivity index (χ4v) is 3.02. The van der Waals surface area contributed by atoms with Crippen LogP contribution in [-0.2, 0) is 9.59 Å². The van der Waals surface area contributed by atoms with Crippen molar-refractivity contribution < 1.29 is 88.4 Å². The molecule has 3 aromatic rings. The van der Waals surface area contributed by atoms with Crippen LogP contribution >= 0.6 is 0 Å². The minimum Gasteiger partial charge on any atom is -0.546 e. The summed E-state index contributed by atoms with van der Waals surface area (Å²) < 4.78 is 10.3. The van der Waals surface area contributed by atoms with Gasteiger partial charge in [-0.2, -0.15) is 0 Å². The zero-order valence-corrected chi connectivity index (χ0v) is 25.2. The molecule has 11 heteroatoms. The van der Waals surface area contributed by atoms with Crippen LogP contribution in [0.4, 0.5) is 5.69 Å². The average Bonchev–Trinajstić information content (AvgIpc) is 2.85. The van der Waals surface area contributed by atoms with E-state index >= 15 is 0 Å². The predicted molar refractivity (Wildman–Crippen MR) is 126 cm³/mol. The quantitative estimate of drug-likeness (QED) is 0.110. The van der Waals surface area contributed by atoms with E-state index in [1.165, 1.54) is 0 Å². The van der Waals surface area contributed by atoms with Crippen LogP contribution in [0.15, 0.2) is 83.1 Å². The normalized spacial score (nSPS) is 10.0. The number of hydrogen-bond donors (Lipinski definition) is 0. The van der Waals surface area contributed by atoms with Gasteiger partial charge in [0.1, 0.15) is 24.7 Å². The molecule has 0 N–H and O–H groups in total. The number of ether oxygens (including phenoxy) is 2. The van der Waals surface area contributed by atoms with Crippen LogP contribution in [0.5, 0.6) is 11.5 Å². The molecule has 0 aromatic heterocycles. The first-order valence-corrected chi connectivity index (χ1v) is 10.6. The van der Waals surface area contributed by atoms with Crippen molar-refractivity contribution in [2.24, 2.45) is 10.3 Å². The minimum atomic E-state index is -1.30. The van der Waals surface area contributed by atoms with E-state index in [1.54, 1.807) is 43.4 Å². The predicted octanol–water partition coefficient (Wildman–Crippen LogP) is -3.90. The van der Waals surface area contributed by atoms with Crippen LogP contribution in [-0.4, -0.2) is 44.3 Å². The molecule has 0 atom stereocenters. The van der Waals surface area contributed by atoms with E-state index in [9.17, 15) is 19.8 Å². The first-order chi connectivity index (χ1) is 16.8. The van der Waals surface area contributed by atoms with Crippen molar-refractivity contribution in [2.75, 3.05) is 27.3 Å². The van der Waals surface area contributed by atoms with E-state index in [1.807, 2.05) is 54.6 Å². The fraction of sp³-hybridized carbons (Fsp3) is 0.154. The topological polar surface area (TPSA) is 127 Å². The van der Waals surface area contributed by atoms with Crippen molar-refractivity contribution >= 4 is 29.3 Å². The molecule has 0 aliphatic rings. The van der Waals surface area contributed by atoms with Gasteiger partial charge >= 0.3 is 59.1 Å². The Balaban J connectivity index is 0.00000342. The smallest absolute Gasteiger partial charge is 0.546 e. The van der Waals surface area contributed by atoms with Crippen molar-refractivity contribution in [1.29, 1.82) is 0 Å². The van der Waals surface area contributed by atoms with Gasteiger partial charge in [0, 0.05) is 14.1 Å². The number of nitrogens with zero attached hydrogens (tertiary/aromatic N) is 3. The van der Waals surface area contributed by atoms with Gasteiger partial charge in [-0.25, -0.2) is 0 Å². The van der Waals surface area contributed by atoms with E-state index < -0.39 is 25.2 Å². The average molecular weight is 519 g/mol. The van der Waals surface area contributed by atoms with Crippen molar-refractivity contribution in [3.05, 3.63) is 89.5 Å². The van der Waals surface area contributed by atoms with Crippen LogP contribution in [0.2, 0.25) is 0 Å². The van der Waals surface area contributed by atoms with Crippen LogP contribution in [0.25, 0.3) is 11.6 Å². The number of benzene rings is 3. The first kappa shape index (κ1) is 32.4. The van der Waals surface area contributed by atoms with E-state index in [0.717, 1.165) is 22.3 Å². The number of carbonyl (C=O) groups excluding carboxylic acids is 2. The molecule has 0 saturated carbocycles. The van der Waals surface area contributed by atoms with E-state index in [0.29, 0.717) is 17.2 Å². The Labute approximate surface area is 259 Å². The molecule has 0 spiro atoms. The maximum atomic E-state index is 10.6. The number of aliphatic carboxylic acids is 2. The molecule has 0 radical (unpaired) electrons. The molecule has 0 aliphatic heterocycles. The summed E-state index contributed by atoms with van der Waals surface area (Å²) in [5.41, 5.74) is 4.20. The molecule has 180 valence electrons. The number of carbonyl (C=O) groups is 2. The number of carboxylic acid groups (broad SMARTS) is 2. The summed E-state index contributed by atoms with van der Waals surface area (Å²) in [6.07, 6.45) is 1.99. The number of hydrogen-bond acceptors (Lipinski definition) is 8. The first-order valence-electron chi connectivity index (χ1n) is 10.6. The maximum Gasteiger partial charge on any atom is 1.00 e. The molecule has 0 aliphatic carbocycles. The summed E-state index contributed by atoms with van der Waals surface area (Å²) >= 11 is 0. The van der Waals surface area contributed by atoms with Gasteiger partial charge in [-0.15, -0.1) is 5.11 Å². The summed E-state index contributed by atoms with van der Waals surface area (Å²) in [5.74, 6) is -1.80. The second kappa shape index (κ2) is 16.2. The summed E-state index contributed by atoms with van der Waals surface area (Å²) in [6, 6.07) is 21.5. The molecule has 3 rings (SSSR count). The van der Waals surface area contributed by atoms with E-state index in [4.69, 9.17) is 9.47 Å². The zero-order chi connectivity index (χ0) is 25.2. The van der Waals surface area contributed by atoms with Crippen LogP contribution in [0.1, 0.15) is 16.7 Å². The molecule has 3 aromatic carbocycles. The SMILES string of the molecule is CN(C)N=Nc1ccc(C=C(c2ccc(OCC(=O)[O-])cc2)c2ccc(OCC(=O)[O-])cc2)cc1.[Na+].[Na+]. The Morgan fingerprint density at radius 1 is 0.757 bits per heavy atom. The number of rotatable bonds is 11. The summed E-state index contributed by atoms with van der Waals surface area (Å²) in [6.45, 7) is -1.07. The van der Waals surface area contributed by atoms with Gasteiger partial charge in [0.2, 0.25) is 0 Å². The minimum absolute atomic E-state index is 0. The number of carboxylic acids is 2. The molecular formula is C26H23N3Na2O6. The van der Waals surface area contributed by atoms with Gasteiger partial charge in [-0.3, -0.25) is 5.01 Å². The van der Waals surface area contributed by atoms with Gasteiger partial charge in [-0.05, 0) is 64.7 Å². The van der Waals surface area contributed by atoms with E-state index in [2.05, 4.69) is 10.3 Å². The van der Waals surface area contributed by atoms with Crippen molar-refractivity contribution in [1.82, 2.24) is 5.01 Å². The van der Waals surface area contributed by atoms with E-state index in [-0.39, 0.29) is 59.1 Å². The van der Waals surface area contributed by atoms with Crippen LogP contribution in [0.3, 0.4) is 0 Å². The van der Waals surface area contributed by atoms with Crippen molar-refractivity contribution in [3.8, 4) is 11.5 Å². The van der Waals surface area contributed by atoms with Crippen LogP contribution in [0, 0.1) is 0 Å². The fourth-order valence-electron chi connectivity index (χ4n) is 3.02. The molecule has 0 amide bonds. The van der Waals surface area contributed by atoms with Gasteiger partial charge in [-0.1, -0.05) is 41.6 Å². The summed E-state index contributed by atoms with van der Waals surface area (Å²) in [7, 11) is 3.58. The third-order valence-corrected chi connectivity index (χ3v) is 4.59. The molecule has 9 nitrogen and oxygen atoms in total. The van der Waals surface area contributed by atoms with Gasteiger partial charge in [0.15, 0.2) is 0 Å². The second-order valence-electron chi connectivity index (χ2n) is 7.56. The summed E-state index contributed by atoms with van der Waals surface area (Å²) in [4.78, 5) is 21.3. The van der Waals surface area contributed by atoms with Crippen LogP contribution < -0.4 is 78.8 Å². The van der Waals surface area contributed by atoms with Gasteiger partial charge in [0.25, 0.3) is 0 Å². The Morgan fingerprint density at radius 2 is 1.19 bits per heavy atom. The molecule has 0 saturated heterocycles. The Bertz CT molecular complexity index is 1150. The Morgan fingerprint density at radius 3 is 1.57 bits per heavy atom. The monoisotopic (exact) mass is 519 g/mol. The molecule has 0 bridgehead atoms. The molecule has 0 unspecified atom stereocenters. The van der Waals surface area contributed by atoms with Crippen molar-refractivity contribution in [2.45, 2.75) is 0 Å². The third-order valence-electron chi connectivity index (χ3n) is 4.59. The Kier molecular flexibility index (Phi) is 14.2. The van der Waals surface area contributed by atoms with Gasteiger partial charge < -0.3 is 29.3 Å². The Hall–Kier alpha value is -2.66. The van der Waals surface area contributed by atoms with Gasteiger partial charge in [0.05, 0.1) is 17.6 Å². The largest absolute Gasteiger partial charge is 1.00 e. The standard InChI is InChI=1S/C26H25N3O6.2Na/c1-29(2)28-27-21-9-3-18(4-10-21)15-24(19-5-11-22(12-6-19)34-16-25(30)31)20-7-13-23(14-8-20)35-17-26(32)33;;/h3-15H,16-17H2,1-2H3,(H,30,31)(H,32,33);;/q;2*+1/p-2. The molecule has 37 heavy (non-hydrogen) atoms. The molecular weight excluding hydrogens is 496 g/mol. The molecule has 0 fully saturated rings. The maximum absolute atomic E-state index is 10.6. The van der Waals surface area contributed by atoms with Crippen molar-refractivity contribution in [3.63, 3.8) is 0 Å². The molecule has 0 heterocycles. The summed E-state index contributed by atoms with van der Waals surface area (Å²) in [5, 5.41) is 31.0. The second-order valence-corrected chi connectivity index (χ2v) is 7.56. The third kappa shape index (κ3) is 11.1.